The van der Waals surface area contributed by atoms with Crippen LogP contribution in [0.15, 0.2) is 18.2 Å². The monoisotopic (exact) mass is 274 g/mol. The Labute approximate surface area is 121 Å². The Balaban J connectivity index is 1.63. The third kappa shape index (κ3) is 2.99. The Bertz CT molecular complexity index is 476. The van der Waals surface area contributed by atoms with Crippen molar-refractivity contribution < 1.29 is 4.74 Å². The van der Waals surface area contributed by atoms with Crippen molar-refractivity contribution in [2.75, 3.05) is 0 Å². The van der Waals surface area contributed by atoms with Gasteiger partial charge in [-0.25, -0.2) is 0 Å². The summed E-state index contributed by atoms with van der Waals surface area (Å²) in [4.78, 5) is 0. The number of rotatable bonds is 3. The van der Waals surface area contributed by atoms with Crippen LogP contribution in [0.5, 0.6) is 5.75 Å². The van der Waals surface area contributed by atoms with Crippen molar-refractivity contribution in [3.8, 4) is 5.75 Å². The van der Waals surface area contributed by atoms with E-state index in [-0.39, 0.29) is 5.60 Å². The summed E-state index contributed by atoms with van der Waals surface area (Å²) >= 11 is 0. The highest BCUT2D eigenvalue weighted by Gasteiger charge is 2.31. The van der Waals surface area contributed by atoms with Crippen LogP contribution in [-0.2, 0) is 13.0 Å². The van der Waals surface area contributed by atoms with Gasteiger partial charge in [-0.1, -0.05) is 18.2 Å². The Morgan fingerprint density at radius 1 is 1.25 bits per heavy atom. The van der Waals surface area contributed by atoms with Gasteiger partial charge in [0.15, 0.2) is 0 Å². The fraction of sp³-hybridized carbons (Fsp3) is 0.647. The van der Waals surface area contributed by atoms with E-state index in [1.807, 2.05) is 0 Å². The highest BCUT2D eigenvalue weighted by atomic mass is 16.5. The minimum Gasteiger partial charge on any atom is -0.487 e. The van der Waals surface area contributed by atoms with Crippen molar-refractivity contribution in [2.45, 2.75) is 70.2 Å². The van der Waals surface area contributed by atoms with Crippen LogP contribution in [0.2, 0.25) is 0 Å². The largest absolute Gasteiger partial charge is 0.487 e. The van der Waals surface area contributed by atoms with E-state index in [0.717, 1.165) is 31.6 Å². The van der Waals surface area contributed by atoms with E-state index in [1.54, 1.807) is 0 Å². The first kappa shape index (κ1) is 13.9. The number of ether oxygens (including phenoxy) is 1. The molecule has 0 unspecified atom stereocenters. The molecule has 110 valence electrons. The number of nitrogens with one attached hydrogen (secondary N) is 1. The molecule has 1 aromatic carbocycles. The summed E-state index contributed by atoms with van der Waals surface area (Å²) in [6, 6.07) is 7.55. The number of para-hydroxylation sites is 1. The molecule has 3 N–H and O–H groups in total. The smallest absolute Gasteiger partial charge is 0.127 e. The van der Waals surface area contributed by atoms with Crippen molar-refractivity contribution in [1.29, 1.82) is 0 Å². The van der Waals surface area contributed by atoms with Gasteiger partial charge in [0, 0.05) is 30.6 Å². The third-order valence-electron chi connectivity index (χ3n) is 4.53. The zero-order valence-corrected chi connectivity index (χ0v) is 12.6. The maximum atomic E-state index is 6.12. The highest BCUT2D eigenvalue weighted by molar-refractivity contribution is 5.45. The molecule has 1 heterocycles. The van der Waals surface area contributed by atoms with Gasteiger partial charge >= 0.3 is 0 Å². The zero-order chi connectivity index (χ0) is 14.2. The maximum Gasteiger partial charge on any atom is 0.127 e. The molecule has 1 aliphatic carbocycles. The lowest BCUT2D eigenvalue weighted by atomic mass is 9.91. The molecule has 0 atom stereocenters. The van der Waals surface area contributed by atoms with Gasteiger partial charge in [-0.15, -0.1) is 0 Å². The number of benzene rings is 1. The van der Waals surface area contributed by atoms with Crippen LogP contribution in [0.25, 0.3) is 0 Å². The Morgan fingerprint density at radius 3 is 2.75 bits per heavy atom. The molecule has 0 amide bonds. The summed E-state index contributed by atoms with van der Waals surface area (Å²) < 4.78 is 6.12. The van der Waals surface area contributed by atoms with E-state index < -0.39 is 0 Å². The zero-order valence-electron chi connectivity index (χ0n) is 12.6. The van der Waals surface area contributed by atoms with Crippen molar-refractivity contribution in [2.24, 2.45) is 5.73 Å². The molecule has 1 fully saturated rings. The van der Waals surface area contributed by atoms with Crippen LogP contribution < -0.4 is 15.8 Å². The SMILES string of the molecule is CC1(C)Cc2cccc(CNC3CCC(N)CC3)c2O1. The molecule has 0 saturated heterocycles. The number of fused-ring (bicyclic) bond motifs is 1. The lowest BCUT2D eigenvalue weighted by molar-refractivity contribution is 0.137. The second-order valence-electron chi connectivity index (χ2n) is 6.94. The van der Waals surface area contributed by atoms with Gasteiger partial charge in [-0.3, -0.25) is 0 Å². The third-order valence-corrected chi connectivity index (χ3v) is 4.53. The van der Waals surface area contributed by atoms with Crippen LogP contribution in [-0.4, -0.2) is 17.7 Å². The molecule has 0 bridgehead atoms. The highest BCUT2D eigenvalue weighted by Crippen LogP contribution is 2.37. The van der Waals surface area contributed by atoms with Gasteiger partial charge in [0.05, 0.1) is 0 Å². The Hall–Kier alpha value is -1.06. The lowest BCUT2D eigenvalue weighted by Gasteiger charge is -2.27. The summed E-state index contributed by atoms with van der Waals surface area (Å²) in [5.41, 5.74) is 8.54. The van der Waals surface area contributed by atoms with Gasteiger partial charge in [0.2, 0.25) is 0 Å². The fourth-order valence-corrected chi connectivity index (χ4v) is 3.40. The van der Waals surface area contributed by atoms with E-state index in [0.29, 0.717) is 12.1 Å². The topological polar surface area (TPSA) is 47.3 Å². The standard InChI is InChI=1S/C17H26N2O/c1-17(2)10-12-4-3-5-13(16(12)20-17)11-19-15-8-6-14(18)7-9-15/h3-5,14-15,19H,6-11,18H2,1-2H3. The van der Waals surface area contributed by atoms with Gasteiger partial charge in [0.1, 0.15) is 11.4 Å². The van der Waals surface area contributed by atoms with E-state index in [9.17, 15) is 0 Å². The molecule has 2 aliphatic rings. The lowest BCUT2D eigenvalue weighted by Crippen LogP contribution is -2.37. The van der Waals surface area contributed by atoms with Crippen LogP contribution in [0.3, 0.4) is 0 Å². The molecule has 0 spiro atoms. The average molecular weight is 274 g/mol. The molecule has 3 heteroatoms. The quantitative estimate of drug-likeness (QED) is 0.891. The molecule has 20 heavy (non-hydrogen) atoms. The second kappa shape index (κ2) is 5.38. The number of hydrogen-bond donors (Lipinski definition) is 2. The van der Waals surface area contributed by atoms with E-state index in [4.69, 9.17) is 10.5 Å². The number of hydrogen-bond acceptors (Lipinski definition) is 3. The molecule has 0 aromatic heterocycles. The molecule has 3 nitrogen and oxygen atoms in total. The first-order valence-corrected chi connectivity index (χ1v) is 7.82. The average Bonchev–Trinajstić information content (AvgIpc) is 2.72. The van der Waals surface area contributed by atoms with Crippen LogP contribution >= 0.6 is 0 Å². The van der Waals surface area contributed by atoms with Gasteiger partial charge in [-0.05, 0) is 45.1 Å². The minimum atomic E-state index is -0.0595. The summed E-state index contributed by atoms with van der Waals surface area (Å²) in [6.07, 6.45) is 5.70. The van der Waals surface area contributed by atoms with Gasteiger partial charge in [0.25, 0.3) is 0 Å². The van der Waals surface area contributed by atoms with Crippen LogP contribution in [0, 0.1) is 0 Å². The first-order valence-electron chi connectivity index (χ1n) is 7.82. The minimum absolute atomic E-state index is 0.0595. The van der Waals surface area contributed by atoms with Crippen molar-refractivity contribution >= 4 is 0 Å². The predicted octanol–water partition coefficient (Wildman–Crippen LogP) is 2.76. The van der Waals surface area contributed by atoms with Crippen molar-refractivity contribution in [3.63, 3.8) is 0 Å². The Kier molecular flexibility index (Phi) is 3.74. The maximum absolute atomic E-state index is 6.12. The fourth-order valence-electron chi connectivity index (χ4n) is 3.40. The van der Waals surface area contributed by atoms with E-state index in [1.165, 1.54) is 24.0 Å². The summed E-state index contributed by atoms with van der Waals surface area (Å²) in [6.45, 7) is 5.22. The molecular formula is C17H26N2O. The van der Waals surface area contributed by atoms with Crippen molar-refractivity contribution in [1.82, 2.24) is 5.32 Å². The molecule has 1 saturated carbocycles. The molecule has 3 rings (SSSR count). The predicted molar refractivity (Wildman–Crippen MR) is 81.9 cm³/mol. The molecular weight excluding hydrogens is 248 g/mol. The molecule has 1 aromatic rings. The first-order chi connectivity index (χ1) is 9.53. The van der Waals surface area contributed by atoms with E-state index >= 15 is 0 Å². The summed E-state index contributed by atoms with van der Waals surface area (Å²) in [5, 5.41) is 3.68. The molecule has 1 aliphatic heterocycles. The van der Waals surface area contributed by atoms with Gasteiger partial charge < -0.3 is 15.8 Å². The van der Waals surface area contributed by atoms with E-state index in [2.05, 4.69) is 37.4 Å². The van der Waals surface area contributed by atoms with Crippen LogP contribution in [0.1, 0.15) is 50.7 Å². The van der Waals surface area contributed by atoms with Crippen molar-refractivity contribution in [3.05, 3.63) is 29.3 Å². The number of nitrogens with two attached hydrogens (primary N) is 1. The summed E-state index contributed by atoms with van der Waals surface area (Å²) in [7, 11) is 0. The van der Waals surface area contributed by atoms with Crippen LogP contribution in [0.4, 0.5) is 0 Å². The Morgan fingerprint density at radius 2 is 2.00 bits per heavy atom. The normalized spacial score (nSPS) is 27.9. The second-order valence-corrected chi connectivity index (χ2v) is 6.94. The summed E-state index contributed by atoms with van der Waals surface area (Å²) in [5.74, 6) is 1.11. The van der Waals surface area contributed by atoms with Gasteiger partial charge in [-0.2, -0.15) is 0 Å². The molecule has 0 radical (unpaired) electrons.